The maximum Gasteiger partial charge on any atom is 0.0952 e. The lowest BCUT2D eigenvalue weighted by atomic mass is 9.97. The lowest BCUT2D eigenvalue weighted by Gasteiger charge is -2.26. The van der Waals surface area contributed by atoms with Gasteiger partial charge in [0.05, 0.1) is 12.7 Å². The van der Waals surface area contributed by atoms with Crippen LogP contribution in [0.1, 0.15) is 23.7 Å². The molecule has 0 aliphatic carbocycles. The van der Waals surface area contributed by atoms with Gasteiger partial charge in [-0.3, -0.25) is 4.68 Å². The normalized spacial score (nSPS) is 17.9. The fourth-order valence-corrected chi connectivity index (χ4v) is 2.68. The number of fused-ring (bicyclic) bond motifs is 1. The summed E-state index contributed by atoms with van der Waals surface area (Å²) in [5.74, 6) is 0. The number of aryl methyl sites for hydroxylation is 1. The van der Waals surface area contributed by atoms with Gasteiger partial charge in [-0.2, -0.15) is 5.10 Å². The second-order valence-corrected chi connectivity index (χ2v) is 5.14. The second kappa shape index (κ2) is 6.68. The molecule has 1 aromatic carbocycles. The summed E-state index contributed by atoms with van der Waals surface area (Å²) in [7, 11) is 0. The molecule has 0 radical (unpaired) electrons. The predicted octanol–water partition coefficient (Wildman–Crippen LogP) is 2.18. The van der Waals surface area contributed by atoms with Gasteiger partial charge in [-0.1, -0.05) is 24.3 Å². The molecule has 0 amide bonds. The number of hydrogen-bond acceptors (Lipinski definition) is 3. The highest BCUT2D eigenvalue weighted by Gasteiger charge is 2.19. The van der Waals surface area contributed by atoms with Gasteiger partial charge in [0.25, 0.3) is 0 Å². The van der Waals surface area contributed by atoms with Crippen LogP contribution in [-0.2, 0) is 17.7 Å². The molecule has 1 aliphatic rings. The Morgan fingerprint density at radius 3 is 3.15 bits per heavy atom. The van der Waals surface area contributed by atoms with Gasteiger partial charge in [0.1, 0.15) is 0 Å². The molecule has 4 heteroatoms. The van der Waals surface area contributed by atoms with Crippen molar-refractivity contribution >= 4 is 0 Å². The summed E-state index contributed by atoms with van der Waals surface area (Å²) >= 11 is 0. The third-order valence-corrected chi connectivity index (χ3v) is 3.72. The summed E-state index contributed by atoms with van der Waals surface area (Å²) in [6.45, 7) is 3.66. The number of aromatic nitrogens is 2. The van der Waals surface area contributed by atoms with E-state index < -0.39 is 0 Å². The van der Waals surface area contributed by atoms with Crippen molar-refractivity contribution in [3.63, 3.8) is 0 Å². The third-order valence-electron chi connectivity index (χ3n) is 3.72. The molecule has 3 rings (SSSR count). The standard InChI is InChI=1S/C16H21N3O/c1-2-6-15-14(5-1)7-12-20-16(15)13-17-8-3-10-19-11-4-9-18-19/h1-2,4-6,9,11,16-17H,3,7-8,10,12-13H2. The minimum absolute atomic E-state index is 0.199. The van der Waals surface area contributed by atoms with E-state index in [9.17, 15) is 0 Å². The molecule has 1 atom stereocenters. The average Bonchev–Trinajstić information content (AvgIpc) is 3.00. The van der Waals surface area contributed by atoms with Crippen LogP contribution in [0, 0.1) is 0 Å². The number of nitrogens with zero attached hydrogens (tertiary/aromatic N) is 2. The summed E-state index contributed by atoms with van der Waals surface area (Å²) in [4.78, 5) is 0. The zero-order valence-corrected chi connectivity index (χ0v) is 11.7. The van der Waals surface area contributed by atoms with Gasteiger partial charge in [0, 0.05) is 25.5 Å². The topological polar surface area (TPSA) is 39.1 Å². The van der Waals surface area contributed by atoms with Gasteiger partial charge < -0.3 is 10.1 Å². The minimum atomic E-state index is 0.199. The van der Waals surface area contributed by atoms with Gasteiger partial charge in [-0.25, -0.2) is 0 Å². The van der Waals surface area contributed by atoms with Gasteiger partial charge in [0.2, 0.25) is 0 Å². The van der Waals surface area contributed by atoms with Crippen molar-refractivity contribution in [3.05, 3.63) is 53.9 Å². The highest BCUT2D eigenvalue weighted by molar-refractivity contribution is 5.31. The Balaban J connectivity index is 1.43. The second-order valence-electron chi connectivity index (χ2n) is 5.14. The lowest BCUT2D eigenvalue weighted by Crippen LogP contribution is -2.28. The largest absolute Gasteiger partial charge is 0.372 e. The molecule has 0 saturated carbocycles. The van der Waals surface area contributed by atoms with E-state index in [2.05, 4.69) is 34.7 Å². The summed E-state index contributed by atoms with van der Waals surface area (Å²) in [5.41, 5.74) is 2.78. The Morgan fingerprint density at radius 1 is 1.30 bits per heavy atom. The number of nitrogens with one attached hydrogen (secondary N) is 1. The van der Waals surface area contributed by atoms with E-state index in [4.69, 9.17) is 4.74 Å². The maximum absolute atomic E-state index is 5.88. The molecule has 1 unspecified atom stereocenters. The molecule has 20 heavy (non-hydrogen) atoms. The third kappa shape index (κ3) is 3.26. The summed E-state index contributed by atoms with van der Waals surface area (Å²) < 4.78 is 7.84. The first-order chi connectivity index (χ1) is 9.93. The van der Waals surface area contributed by atoms with Crippen molar-refractivity contribution in [2.24, 2.45) is 0 Å². The summed E-state index contributed by atoms with van der Waals surface area (Å²) in [6, 6.07) is 10.6. The molecular formula is C16H21N3O. The van der Waals surface area contributed by atoms with Gasteiger partial charge in [0.15, 0.2) is 0 Å². The lowest BCUT2D eigenvalue weighted by molar-refractivity contribution is 0.0426. The first-order valence-electron chi connectivity index (χ1n) is 7.31. The first kappa shape index (κ1) is 13.3. The number of benzene rings is 1. The highest BCUT2D eigenvalue weighted by Crippen LogP contribution is 2.26. The Labute approximate surface area is 119 Å². The van der Waals surface area contributed by atoms with Crippen molar-refractivity contribution in [3.8, 4) is 0 Å². The van der Waals surface area contributed by atoms with E-state index in [1.54, 1.807) is 0 Å². The zero-order valence-electron chi connectivity index (χ0n) is 11.7. The quantitative estimate of drug-likeness (QED) is 0.819. The fraction of sp³-hybridized carbons (Fsp3) is 0.438. The SMILES string of the molecule is c1ccc2c(c1)CCOC2CNCCCn1cccn1. The number of ether oxygens (including phenoxy) is 1. The fourth-order valence-electron chi connectivity index (χ4n) is 2.68. The van der Waals surface area contributed by atoms with Crippen LogP contribution < -0.4 is 5.32 Å². The molecule has 0 spiro atoms. The Bertz CT molecular complexity index is 524. The van der Waals surface area contributed by atoms with Crippen LogP contribution in [0.25, 0.3) is 0 Å². The Hall–Kier alpha value is -1.65. The summed E-state index contributed by atoms with van der Waals surface area (Å²) in [5, 5.41) is 7.69. The van der Waals surface area contributed by atoms with Crippen LogP contribution in [0.3, 0.4) is 0 Å². The molecule has 2 aromatic rings. The van der Waals surface area contributed by atoms with Crippen LogP contribution in [0.2, 0.25) is 0 Å². The van der Waals surface area contributed by atoms with E-state index in [-0.39, 0.29) is 6.10 Å². The van der Waals surface area contributed by atoms with Crippen LogP contribution in [0.15, 0.2) is 42.7 Å². The van der Waals surface area contributed by atoms with Crippen molar-refractivity contribution in [2.75, 3.05) is 19.7 Å². The van der Waals surface area contributed by atoms with Gasteiger partial charge >= 0.3 is 0 Å². The molecule has 106 valence electrons. The molecular weight excluding hydrogens is 250 g/mol. The molecule has 1 aromatic heterocycles. The first-order valence-corrected chi connectivity index (χ1v) is 7.31. The molecule has 4 nitrogen and oxygen atoms in total. The molecule has 2 heterocycles. The zero-order chi connectivity index (χ0) is 13.6. The van der Waals surface area contributed by atoms with E-state index >= 15 is 0 Å². The Kier molecular flexibility index (Phi) is 4.46. The van der Waals surface area contributed by atoms with E-state index in [1.807, 2.05) is 23.1 Å². The number of hydrogen-bond donors (Lipinski definition) is 1. The van der Waals surface area contributed by atoms with Crippen LogP contribution in [0.5, 0.6) is 0 Å². The minimum Gasteiger partial charge on any atom is -0.372 e. The van der Waals surface area contributed by atoms with Crippen molar-refractivity contribution in [1.82, 2.24) is 15.1 Å². The van der Waals surface area contributed by atoms with Gasteiger partial charge in [-0.15, -0.1) is 0 Å². The Morgan fingerprint density at radius 2 is 2.25 bits per heavy atom. The van der Waals surface area contributed by atoms with E-state index in [0.717, 1.165) is 39.1 Å². The van der Waals surface area contributed by atoms with Crippen LogP contribution in [-0.4, -0.2) is 29.5 Å². The van der Waals surface area contributed by atoms with Crippen LogP contribution >= 0.6 is 0 Å². The molecule has 0 fully saturated rings. The van der Waals surface area contributed by atoms with E-state index in [0.29, 0.717) is 0 Å². The van der Waals surface area contributed by atoms with Crippen molar-refractivity contribution in [1.29, 1.82) is 0 Å². The van der Waals surface area contributed by atoms with Crippen LogP contribution in [0.4, 0.5) is 0 Å². The monoisotopic (exact) mass is 271 g/mol. The van der Waals surface area contributed by atoms with Crippen molar-refractivity contribution in [2.45, 2.75) is 25.5 Å². The molecule has 1 aliphatic heterocycles. The molecule has 0 bridgehead atoms. The maximum atomic E-state index is 5.88. The summed E-state index contributed by atoms with van der Waals surface area (Å²) in [6.07, 6.45) is 6.13. The van der Waals surface area contributed by atoms with Gasteiger partial charge in [-0.05, 0) is 36.6 Å². The molecule has 1 N–H and O–H groups in total. The predicted molar refractivity (Wildman–Crippen MR) is 78.6 cm³/mol. The number of rotatable bonds is 6. The average molecular weight is 271 g/mol. The molecule has 0 saturated heterocycles. The smallest absolute Gasteiger partial charge is 0.0952 e. The highest BCUT2D eigenvalue weighted by atomic mass is 16.5. The van der Waals surface area contributed by atoms with E-state index in [1.165, 1.54) is 11.1 Å². The van der Waals surface area contributed by atoms with Crippen molar-refractivity contribution < 1.29 is 4.74 Å².